The normalized spacial score (nSPS) is 10.1. The number of aromatic nitrogens is 2. The number of ether oxygens (including phenoxy) is 1. The molecular formula is C11H10ClN3O. The number of aryl methyl sites for hydroxylation is 1. The van der Waals surface area contributed by atoms with Gasteiger partial charge in [0.05, 0.1) is 5.69 Å². The van der Waals surface area contributed by atoms with Crippen LogP contribution in [0.25, 0.3) is 0 Å². The Morgan fingerprint density at radius 2 is 2.06 bits per heavy atom. The largest absolute Gasteiger partial charge is 0.437 e. The minimum absolute atomic E-state index is 0.460. The van der Waals surface area contributed by atoms with Gasteiger partial charge in [-0.05, 0) is 25.1 Å². The van der Waals surface area contributed by atoms with E-state index in [1.54, 1.807) is 24.3 Å². The number of anilines is 1. The Bertz CT molecular complexity index is 516. The molecule has 2 N–H and O–H groups in total. The van der Waals surface area contributed by atoms with Crippen LogP contribution in [0.15, 0.2) is 30.6 Å². The zero-order valence-electron chi connectivity index (χ0n) is 8.64. The molecule has 0 unspecified atom stereocenters. The van der Waals surface area contributed by atoms with Crippen molar-refractivity contribution in [3.63, 3.8) is 0 Å². The van der Waals surface area contributed by atoms with Crippen molar-refractivity contribution in [2.75, 3.05) is 5.73 Å². The van der Waals surface area contributed by atoms with Crippen molar-refractivity contribution in [3.8, 4) is 11.6 Å². The highest BCUT2D eigenvalue weighted by molar-refractivity contribution is 6.30. The molecule has 16 heavy (non-hydrogen) atoms. The van der Waals surface area contributed by atoms with Crippen molar-refractivity contribution in [2.45, 2.75) is 6.92 Å². The van der Waals surface area contributed by atoms with Crippen LogP contribution < -0.4 is 10.5 Å². The minimum atomic E-state index is 0.460. The molecule has 82 valence electrons. The predicted molar refractivity (Wildman–Crippen MR) is 62.7 cm³/mol. The van der Waals surface area contributed by atoms with Crippen LogP contribution in [0.1, 0.15) is 5.69 Å². The van der Waals surface area contributed by atoms with Crippen LogP contribution >= 0.6 is 11.6 Å². The summed E-state index contributed by atoms with van der Waals surface area (Å²) in [7, 11) is 0. The van der Waals surface area contributed by atoms with Crippen molar-refractivity contribution < 1.29 is 4.74 Å². The molecule has 1 aromatic carbocycles. The quantitative estimate of drug-likeness (QED) is 0.813. The monoisotopic (exact) mass is 235 g/mol. The maximum Gasteiger partial charge on any atom is 0.222 e. The lowest BCUT2D eigenvalue weighted by Crippen LogP contribution is -1.94. The molecule has 0 bridgehead atoms. The van der Waals surface area contributed by atoms with E-state index in [0.29, 0.717) is 22.3 Å². The topological polar surface area (TPSA) is 61.0 Å². The van der Waals surface area contributed by atoms with E-state index in [9.17, 15) is 0 Å². The number of benzene rings is 1. The Kier molecular flexibility index (Phi) is 2.92. The van der Waals surface area contributed by atoms with E-state index >= 15 is 0 Å². The van der Waals surface area contributed by atoms with Crippen molar-refractivity contribution in [1.29, 1.82) is 0 Å². The van der Waals surface area contributed by atoms with Gasteiger partial charge < -0.3 is 10.5 Å². The molecule has 0 aliphatic rings. The standard InChI is InChI=1S/C11H10ClN3O/c1-7-4-11(15-6-14-7)16-10-3-2-8(12)5-9(10)13/h2-6H,13H2,1H3. The van der Waals surface area contributed by atoms with E-state index < -0.39 is 0 Å². The number of hydrogen-bond donors (Lipinski definition) is 1. The van der Waals surface area contributed by atoms with Gasteiger partial charge in [-0.3, -0.25) is 0 Å². The first-order valence-electron chi connectivity index (χ1n) is 4.66. The lowest BCUT2D eigenvalue weighted by molar-refractivity contribution is 0.463. The van der Waals surface area contributed by atoms with Gasteiger partial charge >= 0.3 is 0 Å². The van der Waals surface area contributed by atoms with Crippen LogP contribution in [0.3, 0.4) is 0 Å². The average molecular weight is 236 g/mol. The maximum atomic E-state index is 5.78. The highest BCUT2D eigenvalue weighted by atomic mass is 35.5. The molecule has 0 aliphatic carbocycles. The fourth-order valence-electron chi connectivity index (χ4n) is 1.21. The summed E-state index contributed by atoms with van der Waals surface area (Å²) in [6, 6.07) is 6.77. The maximum absolute atomic E-state index is 5.78. The number of nitrogen functional groups attached to an aromatic ring is 1. The van der Waals surface area contributed by atoms with Gasteiger partial charge in [-0.1, -0.05) is 11.6 Å². The third-order valence-electron chi connectivity index (χ3n) is 1.97. The molecule has 0 fully saturated rings. The molecule has 2 aromatic rings. The lowest BCUT2D eigenvalue weighted by atomic mass is 10.3. The van der Waals surface area contributed by atoms with Gasteiger partial charge in [0.25, 0.3) is 0 Å². The summed E-state index contributed by atoms with van der Waals surface area (Å²) >= 11 is 5.78. The first-order valence-corrected chi connectivity index (χ1v) is 5.04. The fourth-order valence-corrected chi connectivity index (χ4v) is 1.39. The van der Waals surface area contributed by atoms with Gasteiger partial charge in [-0.25, -0.2) is 9.97 Å². The molecule has 0 radical (unpaired) electrons. The first kappa shape index (κ1) is 10.7. The molecule has 0 saturated carbocycles. The van der Waals surface area contributed by atoms with Gasteiger partial charge in [0.2, 0.25) is 5.88 Å². The summed E-state index contributed by atoms with van der Waals surface area (Å²) in [6.45, 7) is 1.86. The number of halogens is 1. The van der Waals surface area contributed by atoms with E-state index in [-0.39, 0.29) is 0 Å². The second kappa shape index (κ2) is 4.37. The predicted octanol–water partition coefficient (Wildman–Crippen LogP) is 2.81. The van der Waals surface area contributed by atoms with E-state index in [2.05, 4.69) is 9.97 Å². The second-order valence-electron chi connectivity index (χ2n) is 3.28. The minimum Gasteiger partial charge on any atom is -0.437 e. The van der Waals surface area contributed by atoms with Crippen LogP contribution in [0.4, 0.5) is 5.69 Å². The summed E-state index contributed by atoms with van der Waals surface area (Å²) in [5, 5.41) is 0.573. The van der Waals surface area contributed by atoms with Crippen LogP contribution in [-0.2, 0) is 0 Å². The first-order chi connectivity index (χ1) is 7.65. The van der Waals surface area contributed by atoms with Crippen molar-refractivity contribution in [1.82, 2.24) is 9.97 Å². The molecule has 5 heteroatoms. The molecule has 4 nitrogen and oxygen atoms in total. The second-order valence-corrected chi connectivity index (χ2v) is 3.72. The van der Waals surface area contributed by atoms with Crippen molar-refractivity contribution >= 4 is 17.3 Å². The molecule has 0 spiro atoms. The smallest absolute Gasteiger partial charge is 0.222 e. The summed E-state index contributed by atoms with van der Waals surface area (Å²) in [5.41, 5.74) is 7.06. The third kappa shape index (κ3) is 2.41. The molecule has 0 aliphatic heterocycles. The van der Waals surface area contributed by atoms with E-state index in [1.165, 1.54) is 6.33 Å². The van der Waals surface area contributed by atoms with Crippen LogP contribution in [0.2, 0.25) is 5.02 Å². The Balaban J connectivity index is 2.27. The van der Waals surface area contributed by atoms with Gasteiger partial charge in [0.15, 0.2) is 5.75 Å². The lowest BCUT2D eigenvalue weighted by Gasteiger charge is -2.07. The van der Waals surface area contributed by atoms with Crippen molar-refractivity contribution in [2.24, 2.45) is 0 Å². The molecular weight excluding hydrogens is 226 g/mol. The summed E-state index contributed by atoms with van der Waals surface area (Å²) in [4.78, 5) is 7.95. The summed E-state index contributed by atoms with van der Waals surface area (Å²) < 4.78 is 5.51. The third-order valence-corrected chi connectivity index (χ3v) is 2.20. The molecule has 2 rings (SSSR count). The van der Waals surface area contributed by atoms with Gasteiger partial charge in [0, 0.05) is 16.8 Å². The Morgan fingerprint density at radius 1 is 1.25 bits per heavy atom. The highest BCUT2D eigenvalue weighted by Crippen LogP contribution is 2.28. The van der Waals surface area contributed by atoms with Gasteiger partial charge in [0.1, 0.15) is 6.33 Å². The highest BCUT2D eigenvalue weighted by Gasteiger charge is 2.04. The summed E-state index contributed by atoms with van der Waals surface area (Å²) in [6.07, 6.45) is 1.44. The zero-order valence-corrected chi connectivity index (χ0v) is 9.40. The number of rotatable bonds is 2. The number of nitrogens with zero attached hydrogens (tertiary/aromatic N) is 2. The number of hydrogen-bond acceptors (Lipinski definition) is 4. The summed E-state index contributed by atoms with van der Waals surface area (Å²) in [5.74, 6) is 0.990. The van der Waals surface area contributed by atoms with E-state index in [0.717, 1.165) is 5.69 Å². The van der Waals surface area contributed by atoms with Gasteiger partial charge in [-0.2, -0.15) is 0 Å². The molecule has 1 heterocycles. The molecule has 0 atom stereocenters. The van der Waals surface area contributed by atoms with Crippen LogP contribution in [-0.4, -0.2) is 9.97 Å². The van der Waals surface area contributed by atoms with Crippen LogP contribution in [0.5, 0.6) is 11.6 Å². The molecule has 0 amide bonds. The Labute approximate surface area is 98.0 Å². The van der Waals surface area contributed by atoms with Crippen molar-refractivity contribution in [3.05, 3.63) is 41.3 Å². The molecule has 0 saturated heterocycles. The Morgan fingerprint density at radius 3 is 2.75 bits per heavy atom. The van der Waals surface area contributed by atoms with E-state index in [4.69, 9.17) is 22.1 Å². The average Bonchev–Trinajstić information content (AvgIpc) is 2.22. The fraction of sp³-hybridized carbons (Fsp3) is 0.0909. The number of nitrogens with two attached hydrogens (primary N) is 1. The zero-order chi connectivity index (χ0) is 11.5. The van der Waals surface area contributed by atoms with Gasteiger partial charge in [-0.15, -0.1) is 0 Å². The van der Waals surface area contributed by atoms with Crippen LogP contribution in [0, 0.1) is 6.92 Å². The Hall–Kier alpha value is -1.81. The molecule has 1 aromatic heterocycles. The SMILES string of the molecule is Cc1cc(Oc2ccc(Cl)cc2N)ncn1. The van der Waals surface area contributed by atoms with E-state index in [1.807, 2.05) is 6.92 Å².